The zero-order chi connectivity index (χ0) is 15.6. The number of rotatable bonds is 5. The SMILES string of the molecule is Cc1nc(C(C)(C)C)sc1C(C)NCCc1ccn(C)n1. The van der Waals surface area contributed by atoms with Crippen molar-refractivity contribution in [2.24, 2.45) is 7.05 Å². The Bertz CT molecular complexity index is 592. The fourth-order valence-corrected chi connectivity index (χ4v) is 3.39. The highest BCUT2D eigenvalue weighted by Crippen LogP contribution is 2.32. The van der Waals surface area contributed by atoms with Gasteiger partial charge in [-0.25, -0.2) is 4.98 Å². The van der Waals surface area contributed by atoms with E-state index in [0.29, 0.717) is 6.04 Å². The van der Waals surface area contributed by atoms with Crippen LogP contribution >= 0.6 is 11.3 Å². The Morgan fingerprint density at radius 1 is 1.38 bits per heavy atom. The molecule has 2 heterocycles. The molecule has 0 aliphatic rings. The second-order valence-corrected chi connectivity index (χ2v) is 7.66. The van der Waals surface area contributed by atoms with E-state index in [1.807, 2.05) is 29.3 Å². The molecule has 1 unspecified atom stereocenters. The Hall–Kier alpha value is -1.20. The minimum Gasteiger partial charge on any atom is -0.309 e. The van der Waals surface area contributed by atoms with E-state index in [1.165, 1.54) is 9.88 Å². The Balaban J connectivity index is 1.94. The topological polar surface area (TPSA) is 42.7 Å². The quantitative estimate of drug-likeness (QED) is 0.921. The molecule has 0 aliphatic carbocycles. The number of thiazole rings is 1. The van der Waals surface area contributed by atoms with Crippen LogP contribution in [-0.2, 0) is 18.9 Å². The molecule has 0 aromatic carbocycles. The average molecular weight is 306 g/mol. The third kappa shape index (κ3) is 4.14. The van der Waals surface area contributed by atoms with Gasteiger partial charge in [0.15, 0.2) is 0 Å². The number of nitrogens with zero attached hydrogens (tertiary/aromatic N) is 3. The van der Waals surface area contributed by atoms with Gasteiger partial charge < -0.3 is 5.32 Å². The van der Waals surface area contributed by atoms with Gasteiger partial charge in [0, 0.05) is 42.5 Å². The molecule has 0 bridgehead atoms. The molecule has 116 valence electrons. The lowest BCUT2D eigenvalue weighted by Crippen LogP contribution is -2.21. The second-order valence-electron chi connectivity index (χ2n) is 6.63. The first kappa shape index (κ1) is 16.2. The highest BCUT2D eigenvalue weighted by molar-refractivity contribution is 7.12. The summed E-state index contributed by atoms with van der Waals surface area (Å²) >= 11 is 1.83. The molecule has 2 aromatic rings. The van der Waals surface area contributed by atoms with E-state index in [-0.39, 0.29) is 5.41 Å². The first-order valence-electron chi connectivity index (χ1n) is 7.47. The number of aryl methyl sites for hydroxylation is 2. The van der Waals surface area contributed by atoms with Crippen molar-refractivity contribution < 1.29 is 0 Å². The average Bonchev–Trinajstić information content (AvgIpc) is 2.95. The van der Waals surface area contributed by atoms with E-state index in [0.717, 1.165) is 24.4 Å². The third-order valence-corrected chi connectivity index (χ3v) is 5.23. The van der Waals surface area contributed by atoms with Gasteiger partial charge in [-0.3, -0.25) is 4.68 Å². The van der Waals surface area contributed by atoms with Crippen LogP contribution in [0.1, 0.15) is 55.0 Å². The summed E-state index contributed by atoms with van der Waals surface area (Å²) in [5.74, 6) is 0. The molecule has 0 amide bonds. The van der Waals surface area contributed by atoms with Gasteiger partial charge in [0.1, 0.15) is 0 Å². The normalized spacial score (nSPS) is 13.6. The minimum atomic E-state index is 0.126. The fourth-order valence-electron chi connectivity index (χ4n) is 2.24. The van der Waals surface area contributed by atoms with Crippen LogP contribution in [0.15, 0.2) is 12.3 Å². The van der Waals surface area contributed by atoms with Gasteiger partial charge >= 0.3 is 0 Å². The van der Waals surface area contributed by atoms with E-state index < -0.39 is 0 Å². The molecule has 0 fully saturated rings. The van der Waals surface area contributed by atoms with E-state index >= 15 is 0 Å². The molecular weight excluding hydrogens is 280 g/mol. The van der Waals surface area contributed by atoms with Gasteiger partial charge in [-0.05, 0) is 19.9 Å². The van der Waals surface area contributed by atoms with Crippen LogP contribution in [0.2, 0.25) is 0 Å². The van der Waals surface area contributed by atoms with Crippen LogP contribution in [-0.4, -0.2) is 21.3 Å². The van der Waals surface area contributed by atoms with Gasteiger partial charge in [0.05, 0.1) is 16.4 Å². The molecule has 5 heteroatoms. The maximum absolute atomic E-state index is 4.74. The summed E-state index contributed by atoms with van der Waals surface area (Å²) in [4.78, 5) is 6.08. The molecule has 2 aromatic heterocycles. The molecule has 0 saturated carbocycles. The molecule has 1 atom stereocenters. The molecule has 0 aliphatic heterocycles. The molecular formula is C16H26N4S. The summed E-state index contributed by atoms with van der Waals surface area (Å²) in [5, 5.41) is 9.20. The maximum Gasteiger partial charge on any atom is 0.0985 e. The zero-order valence-electron chi connectivity index (χ0n) is 13.9. The molecule has 0 saturated heterocycles. The van der Waals surface area contributed by atoms with Crippen LogP contribution < -0.4 is 5.32 Å². The third-order valence-electron chi connectivity index (χ3n) is 3.47. The monoisotopic (exact) mass is 306 g/mol. The van der Waals surface area contributed by atoms with Crippen molar-refractivity contribution in [2.75, 3.05) is 6.54 Å². The van der Waals surface area contributed by atoms with Crippen LogP contribution in [0.3, 0.4) is 0 Å². The van der Waals surface area contributed by atoms with E-state index in [4.69, 9.17) is 4.98 Å². The number of nitrogens with one attached hydrogen (secondary N) is 1. The van der Waals surface area contributed by atoms with Crippen molar-refractivity contribution >= 4 is 11.3 Å². The summed E-state index contributed by atoms with van der Waals surface area (Å²) in [5.41, 5.74) is 2.41. The summed E-state index contributed by atoms with van der Waals surface area (Å²) in [6.45, 7) is 11.9. The number of hydrogen-bond donors (Lipinski definition) is 1. The maximum atomic E-state index is 4.74. The summed E-state index contributed by atoms with van der Waals surface area (Å²) in [6, 6.07) is 2.41. The summed E-state index contributed by atoms with van der Waals surface area (Å²) in [6.07, 6.45) is 2.94. The molecule has 21 heavy (non-hydrogen) atoms. The van der Waals surface area contributed by atoms with Crippen LogP contribution in [0.25, 0.3) is 0 Å². The number of hydrogen-bond acceptors (Lipinski definition) is 4. The molecule has 0 radical (unpaired) electrons. The Morgan fingerprint density at radius 3 is 2.62 bits per heavy atom. The highest BCUT2D eigenvalue weighted by Gasteiger charge is 2.22. The molecule has 0 spiro atoms. The van der Waals surface area contributed by atoms with Crippen molar-refractivity contribution in [1.29, 1.82) is 0 Å². The van der Waals surface area contributed by atoms with Gasteiger partial charge in [-0.15, -0.1) is 11.3 Å². The lowest BCUT2D eigenvalue weighted by molar-refractivity contribution is 0.574. The lowest BCUT2D eigenvalue weighted by Gasteiger charge is -2.14. The van der Waals surface area contributed by atoms with Crippen LogP contribution in [0, 0.1) is 6.92 Å². The Morgan fingerprint density at radius 2 is 2.10 bits per heavy atom. The molecule has 2 rings (SSSR count). The van der Waals surface area contributed by atoms with Crippen molar-refractivity contribution in [3.05, 3.63) is 33.5 Å². The van der Waals surface area contributed by atoms with E-state index in [1.54, 1.807) is 0 Å². The molecule has 4 nitrogen and oxygen atoms in total. The van der Waals surface area contributed by atoms with Crippen molar-refractivity contribution in [1.82, 2.24) is 20.1 Å². The largest absolute Gasteiger partial charge is 0.309 e. The zero-order valence-corrected chi connectivity index (χ0v) is 14.7. The Labute approximate surface area is 131 Å². The predicted octanol–water partition coefficient (Wildman–Crippen LogP) is 3.38. The smallest absolute Gasteiger partial charge is 0.0985 e. The number of aromatic nitrogens is 3. The first-order chi connectivity index (χ1) is 9.77. The lowest BCUT2D eigenvalue weighted by atomic mass is 9.98. The van der Waals surface area contributed by atoms with Gasteiger partial charge in [0.2, 0.25) is 0 Å². The predicted molar refractivity (Wildman–Crippen MR) is 88.9 cm³/mol. The Kier molecular flexibility index (Phi) is 4.84. The van der Waals surface area contributed by atoms with Crippen molar-refractivity contribution in [2.45, 2.75) is 52.5 Å². The highest BCUT2D eigenvalue weighted by atomic mass is 32.1. The van der Waals surface area contributed by atoms with E-state index in [9.17, 15) is 0 Å². The van der Waals surface area contributed by atoms with E-state index in [2.05, 4.69) is 51.1 Å². The van der Waals surface area contributed by atoms with Crippen LogP contribution in [0.5, 0.6) is 0 Å². The summed E-state index contributed by atoms with van der Waals surface area (Å²) < 4.78 is 1.85. The summed E-state index contributed by atoms with van der Waals surface area (Å²) in [7, 11) is 1.95. The minimum absolute atomic E-state index is 0.126. The molecule has 1 N–H and O–H groups in total. The fraction of sp³-hybridized carbons (Fsp3) is 0.625. The van der Waals surface area contributed by atoms with Crippen LogP contribution in [0.4, 0.5) is 0 Å². The van der Waals surface area contributed by atoms with Gasteiger partial charge in [0.25, 0.3) is 0 Å². The first-order valence-corrected chi connectivity index (χ1v) is 8.28. The van der Waals surface area contributed by atoms with Gasteiger partial charge in [-0.2, -0.15) is 5.10 Å². The van der Waals surface area contributed by atoms with Gasteiger partial charge in [-0.1, -0.05) is 20.8 Å². The van der Waals surface area contributed by atoms with Crippen molar-refractivity contribution in [3.8, 4) is 0 Å². The standard InChI is InChI=1S/C16H26N4S/c1-11(17-9-7-13-8-10-20(6)19-13)14-12(2)18-15(21-14)16(3,4)5/h8,10-11,17H,7,9H2,1-6H3. The second kappa shape index (κ2) is 6.28. The van der Waals surface area contributed by atoms with Crippen molar-refractivity contribution in [3.63, 3.8) is 0 Å².